The fourth-order valence-corrected chi connectivity index (χ4v) is 4.16. The third-order valence-corrected chi connectivity index (χ3v) is 5.91. The van der Waals surface area contributed by atoms with E-state index in [2.05, 4.69) is 11.9 Å². The second-order valence-corrected chi connectivity index (χ2v) is 8.29. The molecular weight excluding hydrogens is 426 g/mol. The average molecular weight is 452 g/mol. The van der Waals surface area contributed by atoms with E-state index < -0.39 is 11.7 Å². The first-order chi connectivity index (χ1) is 15.9. The highest BCUT2D eigenvalue weighted by molar-refractivity contribution is 5.95. The highest BCUT2D eigenvalue weighted by atomic mass is 19.4. The largest absolute Gasteiger partial charge is 0.417 e. The highest BCUT2D eigenvalue weighted by Gasteiger charge is 2.34. The van der Waals surface area contributed by atoms with Crippen LogP contribution in [0.3, 0.4) is 0 Å². The van der Waals surface area contributed by atoms with E-state index in [-0.39, 0.29) is 11.4 Å². The number of halogens is 4. The highest BCUT2D eigenvalue weighted by Crippen LogP contribution is 2.40. The molecule has 0 unspecified atom stereocenters. The van der Waals surface area contributed by atoms with Gasteiger partial charge in [0, 0.05) is 17.1 Å². The summed E-state index contributed by atoms with van der Waals surface area (Å²) in [6.07, 6.45) is 2.56. The van der Waals surface area contributed by atoms with E-state index in [9.17, 15) is 17.6 Å². The Morgan fingerprint density at radius 3 is 2.27 bits per heavy atom. The van der Waals surface area contributed by atoms with Crippen molar-refractivity contribution in [2.75, 3.05) is 0 Å². The molecule has 0 aliphatic carbocycles. The quantitative estimate of drug-likeness (QED) is 0.202. The van der Waals surface area contributed by atoms with Crippen LogP contribution in [0.15, 0.2) is 72.9 Å². The fourth-order valence-electron chi connectivity index (χ4n) is 4.16. The zero-order valence-electron chi connectivity index (χ0n) is 18.4. The van der Waals surface area contributed by atoms with Crippen LogP contribution in [0.25, 0.3) is 33.2 Å². The molecule has 4 aromatic rings. The van der Waals surface area contributed by atoms with Gasteiger partial charge in [-0.1, -0.05) is 56.5 Å². The van der Waals surface area contributed by atoms with E-state index in [1.165, 1.54) is 30.7 Å². The van der Waals surface area contributed by atoms with Crippen molar-refractivity contribution in [2.45, 2.75) is 45.2 Å². The number of benzene rings is 3. The van der Waals surface area contributed by atoms with E-state index in [1.54, 1.807) is 30.5 Å². The third-order valence-electron chi connectivity index (χ3n) is 5.91. The topological polar surface area (TPSA) is 12.9 Å². The van der Waals surface area contributed by atoms with Crippen LogP contribution >= 0.6 is 0 Å². The van der Waals surface area contributed by atoms with Crippen molar-refractivity contribution in [2.24, 2.45) is 0 Å². The maximum Gasteiger partial charge on any atom is 0.417 e. The first kappa shape index (κ1) is 23.0. The van der Waals surface area contributed by atoms with Gasteiger partial charge in [0.15, 0.2) is 0 Å². The molecule has 1 nitrogen and oxygen atoms in total. The third kappa shape index (κ3) is 5.24. The zero-order valence-corrected chi connectivity index (χ0v) is 18.4. The number of unbranched alkanes of at least 4 members (excludes halogenated alkanes) is 3. The number of fused-ring (bicyclic) bond motifs is 1. The lowest BCUT2D eigenvalue weighted by atomic mass is 9.93. The van der Waals surface area contributed by atoms with Crippen LogP contribution in [0.5, 0.6) is 0 Å². The van der Waals surface area contributed by atoms with Crippen molar-refractivity contribution in [3.8, 4) is 22.4 Å². The van der Waals surface area contributed by atoms with Crippen molar-refractivity contribution < 1.29 is 17.6 Å². The minimum Gasteiger partial charge on any atom is -0.256 e. The van der Waals surface area contributed by atoms with Gasteiger partial charge in [-0.05, 0) is 71.3 Å². The van der Waals surface area contributed by atoms with E-state index in [4.69, 9.17) is 0 Å². The molecule has 0 aliphatic heterocycles. The summed E-state index contributed by atoms with van der Waals surface area (Å²) in [6.45, 7) is 2.16. The summed E-state index contributed by atoms with van der Waals surface area (Å²) in [5, 5.41) is 1.33. The van der Waals surface area contributed by atoms with Gasteiger partial charge in [0.2, 0.25) is 0 Å². The van der Waals surface area contributed by atoms with Gasteiger partial charge in [-0.2, -0.15) is 13.2 Å². The molecule has 4 rings (SSSR count). The molecule has 1 heterocycles. The molecule has 170 valence electrons. The lowest BCUT2D eigenvalue weighted by Gasteiger charge is -2.16. The summed E-state index contributed by atoms with van der Waals surface area (Å²) in [6, 6.07) is 17.4. The molecule has 0 fully saturated rings. The SMILES string of the molecule is CCCCCCc1ccc(-c2cc(-c3nccc4cc(F)ccc34)ccc2C(F)(F)F)cc1. The monoisotopic (exact) mass is 451 g/mol. The smallest absolute Gasteiger partial charge is 0.256 e. The van der Waals surface area contributed by atoms with E-state index in [0.29, 0.717) is 27.6 Å². The van der Waals surface area contributed by atoms with Gasteiger partial charge < -0.3 is 0 Å². The molecule has 0 aliphatic rings. The van der Waals surface area contributed by atoms with Gasteiger partial charge in [-0.15, -0.1) is 0 Å². The maximum atomic E-state index is 13.8. The van der Waals surface area contributed by atoms with Crippen LogP contribution in [-0.4, -0.2) is 4.98 Å². The van der Waals surface area contributed by atoms with Gasteiger partial charge in [-0.3, -0.25) is 4.98 Å². The number of hydrogen-bond donors (Lipinski definition) is 0. The van der Waals surface area contributed by atoms with Crippen LogP contribution in [0.4, 0.5) is 17.6 Å². The van der Waals surface area contributed by atoms with Crippen LogP contribution in [0, 0.1) is 5.82 Å². The summed E-state index contributed by atoms with van der Waals surface area (Å²) in [4.78, 5) is 4.39. The molecule has 0 N–H and O–H groups in total. The van der Waals surface area contributed by atoms with Gasteiger partial charge in [0.1, 0.15) is 5.82 Å². The number of pyridine rings is 1. The molecule has 5 heteroatoms. The predicted molar refractivity (Wildman–Crippen MR) is 125 cm³/mol. The number of nitrogens with zero attached hydrogens (tertiary/aromatic N) is 1. The fraction of sp³-hybridized carbons (Fsp3) is 0.250. The van der Waals surface area contributed by atoms with E-state index in [0.717, 1.165) is 37.3 Å². The normalized spacial score (nSPS) is 11.8. The number of rotatable bonds is 7. The first-order valence-corrected chi connectivity index (χ1v) is 11.2. The Balaban J connectivity index is 1.74. The first-order valence-electron chi connectivity index (χ1n) is 11.2. The van der Waals surface area contributed by atoms with Crippen LogP contribution in [0.1, 0.15) is 43.7 Å². The van der Waals surface area contributed by atoms with Crippen molar-refractivity contribution in [3.63, 3.8) is 0 Å². The van der Waals surface area contributed by atoms with Gasteiger partial charge in [-0.25, -0.2) is 4.39 Å². The molecule has 0 atom stereocenters. The molecule has 3 aromatic carbocycles. The Labute approximate surface area is 191 Å². The van der Waals surface area contributed by atoms with Gasteiger partial charge in [0.25, 0.3) is 0 Å². The Bertz CT molecular complexity index is 1240. The molecule has 33 heavy (non-hydrogen) atoms. The number of aromatic nitrogens is 1. The Morgan fingerprint density at radius 1 is 0.788 bits per heavy atom. The second kappa shape index (κ2) is 9.74. The summed E-state index contributed by atoms with van der Waals surface area (Å²) in [5.74, 6) is -0.373. The maximum absolute atomic E-state index is 13.8. The average Bonchev–Trinajstić information content (AvgIpc) is 2.81. The van der Waals surface area contributed by atoms with Crippen molar-refractivity contribution in [1.29, 1.82) is 0 Å². The minimum absolute atomic E-state index is 0.110. The van der Waals surface area contributed by atoms with E-state index >= 15 is 0 Å². The predicted octanol–water partition coefficient (Wildman–Crippen LogP) is 8.85. The summed E-state index contributed by atoms with van der Waals surface area (Å²) >= 11 is 0. The lowest BCUT2D eigenvalue weighted by molar-refractivity contribution is -0.137. The van der Waals surface area contributed by atoms with Crippen LogP contribution in [-0.2, 0) is 12.6 Å². The molecule has 0 spiro atoms. The number of alkyl halides is 3. The molecular formula is C28H25F4N. The molecule has 0 saturated carbocycles. The lowest BCUT2D eigenvalue weighted by Crippen LogP contribution is -2.07. The van der Waals surface area contributed by atoms with Crippen LogP contribution < -0.4 is 0 Å². The van der Waals surface area contributed by atoms with Gasteiger partial charge >= 0.3 is 6.18 Å². The molecule has 0 saturated heterocycles. The number of hydrogen-bond acceptors (Lipinski definition) is 1. The summed E-state index contributed by atoms with van der Waals surface area (Å²) < 4.78 is 55.1. The standard InChI is InChI=1S/C28H25F4N/c1-2-3-4-5-6-19-7-9-20(10-8-19)25-18-22(11-14-26(25)28(30,31)32)27-24-13-12-23(29)17-21(24)15-16-33-27/h7-18H,2-6H2,1H3. The zero-order chi connectivity index (χ0) is 23.4. The summed E-state index contributed by atoms with van der Waals surface area (Å²) in [7, 11) is 0. The van der Waals surface area contributed by atoms with E-state index in [1.807, 2.05) is 12.1 Å². The Hall–Kier alpha value is -3.21. The van der Waals surface area contributed by atoms with Crippen molar-refractivity contribution in [3.05, 3.63) is 89.9 Å². The summed E-state index contributed by atoms with van der Waals surface area (Å²) in [5.41, 5.74) is 2.13. The van der Waals surface area contributed by atoms with Crippen molar-refractivity contribution >= 4 is 10.8 Å². The second-order valence-electron chi connectivity index (χ2n) is 8.29. The molecule has 0 bridgehead atoms. The van der Waals surface area contributed by atoms with Crippen molar-refractivity contribution in [1.82, 2.24) is 4.98 Å². The minimum atomic E-state index is -4.48. The Kier molecular flexibility index (Phi) is 6.77. The molecule has 1 aromatic heterocycles. The van der Waals surface area contributed by atoms with Crippen LogP contribution in [0.2, 0.25) is 0 Å². The molecule has 0 radical (unpaired) electrons. The van der Waals surface area contributed by atoms with Gasteiger partial charge in [0.05, 0.1) is 11.3 Å². The number of aryl methyl sites for hydroxylation is 1. The molecule has 0 amide bonds. The Morgan fingerprint density at radius 2 is 1.55 bits per heavy atom.